The minimum atomic E-state index is -0.432. The largest absolute Gasteiger partial charge is 0.338 e. The lowest BCUT2D eigenvalue weighted by Crippen LogP contribution is -2.51. The molecule has 3 rings (SSSR count). The van der Waals surface area contributed by atoms with Crippen molar-refractivity contribution in [2.24, 2.45) is 0 Å². The number of aromatic amines is 2. The van der Waals surface area contributed by atoms with Gasteiger partial charge >= 0.3 is 0 Å². The molecule has 3 N–H and O–H groups in total. The first-order valence-electron chi connectivity index (χ1n) is 6.57. The van der Waals surface area contributed by atoms with E-state index in [1.54, 1.807) is 0 Å². The van der Waals surface area contributed by atoms with Gasteiger partial charge in [-0.1, -0.05) is 6.92 Å². The topological polar surface area (TPSA) is 99.3 Å². The number of aryl methyl sites for hydroxylation is 1. The molecule has 1 aliphatic rings. The number of aromatic nitrogens is 5. The van der Waals surface area contributed by atoms with Crippen molar-refractivity contribution in [3.8, 4) is 0 Å². The fourth-order valence-electron chi connectivity index (χ4n) is 2.41. The van der Waals surface area contributed by atoms with Gasteiger partial charge in [-0.15, -0.1) is 0 Å². The monoisotopic (exact) mass is 338 g/mol. The number of carbonyl (C=O) groups excluding carboxylic acids is 1. The molecular weight excluding hydrogens is 324 g/mol. The van der Waals surface area contributed by atoms with Gasteiger partial charge in [0.2, 0.25) is 0 Å². The quantitative estimate of drug-likeness (QED) is 0.789. The minimum absolute atomic E-state index is 0.205. The van der Waals surface area contributed by atoms with Crippen LogP contribution in [0.25, 0.3) is 0 Å². The van der Waals surface area contributed by atoms with Crippen LogP contribution in [0.1, 0.15) is 48.2 Å². The molecule has 0 radical (unpaired) electrons. The van der Waals surface area contributed by atoms with Crippen molar-refractivity contribution in [2.75, 3.05) is 0 Å². The number of H-pyrrole nitrogens is 2. The van der Waals surface area contributed by atoms with E-state index in [9.17, 15) is 4.79 Å². The van der Waals surface area contributed by atoms with Crippen LogP contribution in [0, 0.1) is 0 Å². The van der Waals surface area contributed by atoms with Crippen LogP contribution in [0.2, 0.25) is 0 Å². The Hall–Kier alpha value is -1.70. The Labute approximate surface area is 124 Å². The number of amides is 1. The van der Waals surface area contributed by atoms with E-state index in [2.05, 4.69) is 46.6 Å². The maximum atomic E-state index is 12.4. The Balaban J connectivity index is 1.83. The molecule has 8 heteroatoms. The van der Waals surface area contributed by atoms with Gasteiger partial charge in [0, 0.05) is 5.69 Å². The van der Waals surface area contributed by atoms with Crippen LogP contribution in [-0.4, -0.2) is 31.3 Å². The summed E-state index contributed by atoms with van der Waals surface area (Å²) in [5.74, 6) is 0.503. The fourth-order valence-corrected chi connectivity index (χ4v) is 3.05. The summed E-state index contributed by atoms with van der Waals surface area (Å²) in [6, 6.07) is 0. The summed E-state index contributed by atoms with van der Waals surface area (Å²) in [7, 11) is 0. The van der Waals surface area contributed by atoms with Crippen molar-refractivity contribution >= 4 is 21.8 Å². The van der Waals surface area contributed by atoms with Crippen LogP contribution < -0.4 is 5.32 Å². The number of nitrogens with one attached hydrogen (secondary N) is 3. The summed E-state index contributed by atoms with van der Waals surface area (Å²) >= 11 is 3.42. The lowest BCUT2D eigenvalue weighted by Gasteiger charge is -2.40. The van der Waals surface area contributed by atoms with Crippen LogP contribution in [-0.2, 0) is 12.0 Å². The molecule has 0 atom stereocenters. The molecule has 106 valence electrons. The number of rotatable bonds is 4. The second-order valence-electron chi connectivity index (χ2n) is 4.94. The zero-order chi connectivity index (χ0) is 14.2. The number of carbonyl (C=O) groups is 1. The SMILES string of the molecule is CCc1[nH]nc(C(=O)NC2(c3ncn[nH]3)CCC2)c1Br. The molecule has 0 saturated heterocycles. The zero-order valence-electron chi connectivity index (χ0n) is 11.0. The Morgan fingerprint density at radius 1 is 1.50 bits per heavy atom. The molecule has 7 nitrogen and oxygen atoms in total. The Morgan fingerprint density at radius 2 is 2.30 bits per heavy atom. The van der Waals surface area contributed by atoms with Crippen molar-refractivity contribution in [3.63, 3.8) is 0 Å². The average Bonchev–Trinajstić information content (AvgIpc) is 3.03. The van der Waals surface area contributed by atoms with Crippen molar-refractivity contribution in [1.82, 2.24) is 30.7 Å². The van der Waals surface area contributed by atoms with Crippen molar-refractivity contribution < 1.29 is 4.79 Å². The summed E-state index contributed by atoms with van der Waals surface area (Å²) in [5.41, 5.74) is 0.864. The maximum absolute atomic E-state index is 12.4. The van der Waals surface area contributed by atoms with E-state index >= 15 is 0 Å². The molecular formula is C12H15BrN6O. The van der Waals surface area contributed by atoms with Crippen molar-refractivity contribution in [3.05, 3.63) is 28.0 Å². The Morgan fingerprint density at radius 3 is 2.80 bits per heavy atom. The van der Waals surface area contributed by atoms with E-state index in [1.165, 1.54) is 6.33 Å². The Kier molecular flexibility index (Phi) is 3.33. The lowest BCUT2D eigenvalue weighted by molar-refractivity contribution is 0.0803. The molecule has 1 aliphatic carbocycles. The Bertz CT molecular complexity index is 616. The van der Waals surface area contributed by atoms with E-state index in [-0.39, 0.29) is 5.91 Å². The maximum Gasteiger partial charge on any atom is 0.273 e. The predicted octanol–water partition coefficient (Wildman–Crippen LogP) is 1.66. The number of hydrogen-bond acceptors (Lipinski definition) is 4. The normalized spacial score (nSPS) is 16.7. The standard InChI is InChI=1S/C12H15BrN6O/c1-2-7-8(13)9(18-17-7)10(20)16-12(4-3-5-12)11-14-6-15-19-11/h6H,2-5H2,1H3,(H,16,20)(H,17,18)(H,14,15,19). The van der Waals surface area contributed by atoms with Crippen LogP contribution >= 0.6 is 15.9 Å². The molecule has 0 aliphatic heterocycles. The van der Waals surface area contributed by atoms with Crippen LogP contribution in [0.5, 0.6) is 0 Å². The first kappa shape index (κ1) is 13.3. The summed E-state index contributed by atoms with van der Waals surface area (Å²) in [5, 5.41) is 16.7. The molecule has 0 bridgehead atoms. The van der Waals surface area contributed by atoms with E-state index in [0.29, 0.717) is 11.5 Å². The average molecular weight is 339 g/mol. The summed E-state index contributed by atoms with van der Waals surface area (Å²) in [6.45, 7) is 2.00. The van der Waals surface area contributed by atoms with Crippen LogP contribution in [0.4, 0.5) is 0 Å². The van der Waals surface area contributed by atoms with Crippen LogP contribution in [0.3, 0.4) is 0 Å². The summed E-state index contributed by atoms with van der Waals surface area (Å²) < 4.78 is 0.726. The second kappa shape index (κ2) is 5.01. The van der Waals surface area contributed by atoms with Gasteiger partial charge in [-0.25, -0.2) is 4.98 Å². The van der Waals surface area contributed by atoms with Crippen LogP contribution in [0.15, 0.2) is 10.8 Å². The highest BCUT2D eigenvalue weighted by atomic mass is 79.9. The minimum Gasteiger partial charge on any atom is -0.338 e. The number of halogens is 1. The molecule has 0 spiro atoms. The fraction of sp³-hybridized carbons (Fsp3) is 0.500. The second-order valence-corrected chi connectivity index (χ2v) is 5.74. The molecule has 1 amide bonds. The zero-order valence-corrected chi connectivity index (χ0v) is 12.6. The highest BCUT2D eigenvalue weighted by molar-refractivity contribution is 9.10. The van der Waals surface area contributed by atoms with Gasteiger partial charge in [-0.2, -0.15) is 10.2 Å². The van der Waals surface area contributed by atoms with Gasteiger partial charge in [0.05, 0.1) is 10.0 Å². The molecule has 2 aromatic rings. The van der Waals surface area contributed by atoms with Gasteiger partial charge in [0.15, 0.2) is 5.69 Å². The van der Waals surface area contributed by atoms with Gasteiger partial charge in [0.1, 0.15) is 12.2 Å². The van der Waals surface area contributed by atoms with Crippen molar-refractivity contribution in [1.29, 1.82) is 0 Å². The van der Waals surface area contributed by atoms with E-state index in [4.69, 9.17) is 0 Å². The third-order valence-corrected chi connectivity index (χ3v) is 4.63. The van der Waals surface area contributed by atoms with Crippen molar-refractivity contribution in [2.45, 2.75) is 38.1 Å². The third-order valence-electron chi connectivity index (χ3n) is 3.77. The molecule has 20 heavy (non-hydrogen) atoms. The summed E-state index contributed by atoms with van der Waals surface area (Å²) in [4.78, 5) is 16.6. The van der Waals surface area contributed by atoms with Gasteiger partial charge in [0.25, 0.3) is 5.91 Å². The predicted molar refractivity (Wildman–Crippen MR) is 75.0 cm³/mol. The molecule has 2 heterocycles. The highest BCUT2D eigenvalue weighted by Crippen LogP contribution is 2.39. The third kappa shape index (κ3) is 2.04. The summed E-state index contributed by atoms with van der Waals surface area (Å²) in [6.07, 6.45) is 5.02. The smallest absolute Gasteiger partial charge is 0.273 e. The highest BCUT2D eigenvalue weighted by Gasteiger charge is 2.43. The molecule has 1 fully saturated rings. The molecule has 1 saturated carbocycles. The van der Waals surface area contributed by atoms with Gasteiger partial charge < -0.3 is 5.32 Å². The van der Waals surface area contributed by atoms with E-state index in [1.807, 2.05) is 6.92 Å². The molecule has 0 unspecified atom stereocenters. The number of hydrogen-bond donors (Lipinski definition) is 3. The molecule has 2 aromatic heterocycles. The van der Waals surface area contributed by atoms with Gasteiger partial charge in [-0.05, 0) is 41.6 Å². The number of nitrogens with zero attached hydrogens (tertiary/aromatic N) is 3. The van der Waals surface area contributed by atoms with E-state index in [0.717, 1.165) is 35.8 Å². The first-order chi connectivity index (χ1) is 9.66. The first-order valence-corrected chi connectivity index (χ1v) is 7.36. The van der Waals surface area contributed by atoms with E-state index < -0.39 is 5.54 Å². The molecule has 0 aromatic carbocycles. The lowest BCUT2D eigenvalue weighted by atomic mass is 9.76. The van der Waals surface area contributed by atoms with Gasteiger partial charge in [-0.3, -0.25) is 15.0 Å².